The van der Waals surface area contributed by atoms with Crippen LogP contribution in [-0.4, -0.2) is 53.7 Å². The molecule has 0 bridgehead atoms. The topological polar surface area (TPSA) is 72.9 Å². The Morgan fingerprint density at radius 1 is 1.36 bits per heavy atom. The number of amides is 3. The highest BCUT2D eigenvalue weighted by Gasteiger charge is 2.34. The lowest BCUT2D eigenvalue weighted by Gasteiger charge is -2.36. The van der Waals surface area contributed by atoms with E-state index in [1.54, 1.807) is 17.0 Å². The van der Waals surface area contributed by atoms with Crippen molar-refractivity contribution in [3.05, 3.63) is 30.1 Å². The number of hydrogen-bond acceptors (Lipinski definition) is 3. The summed E-state index contributed by atoms with van der Waals surface area (Å²) >= 11 is 0. The lowest BCUT2D eigenvalue weighted by Crippen LogP contribution is -2.52. The number of aliphatic hydroxyl groups is 1. The molecule has 7 heteroatoms. The number of urea groups is 1. The molecule has 25 heavy (non-hydrogen) atoms. The lowest BCUT2D eigenvalue weighted by molar-refractivity contribution is -0.117. The third-order valence-electron chi connectivity index (χ3n) is 4.92. The van der Waals surface area contributed by atoms with Gasteiger partial charge in [0, 0.05) is 37.8 Å². The maximum absolute atomic E-state index is 13.4. The molecule has 2 heterocycles. The number of likely N-dealkylation sites (tertiary alicyclic amines) is 1. The summed E-state index contributed by atoms with van der Waals surface area (Å²) in [5.41, 5.74) is 0.512. The molecule has 2 aliphatic heterocycles. The monoisotopic (exact) mass is 349 g/mol. The summed E-state index contributed by atoms with van der Waals surface area (Å²) in [6, 6.07) is 5.49. The Bertz CT molecular complexity index is 638. The molecular formula is C18H24FN3O3. The van der Waals surface area contributed by atoms with Crippen molar-refractivity contribution in [2.45, 2.75) is 44.2 Å². The molecule has 136 valence electrons. The van der Waals surface area contributed by atoms with Gasteiger partial charge in [0.2, 0.25) is 5.91 Å². The Balaban J connectivity index is 1.61. The van der Waals surface area contributed by atoms with Crippen LogP contribution in [0.5, 0.6) is 0 Å². The molecule has 2 aliphatic rings. The van der Waals surface area contributed by atoms with Crippen molar-refractivity contribution in [1.82, 2.24) is 10.2 Å². The van der Waals surface area contributed by atoms with E-state index in [0.29, 0.717) is 25.2 Å². The Morgan fingerprint density at radius 3 is 2.96 bits per heavy atom. The van der Waals surface area contributed by atoms with Crippen LogP contribution in [0.3, 0.4) is 0 Å². The van der Waals surface area contributed by atoms with Gasteiger partial charge in [-0.3, -0.25) is 4.79 Å². The number of carbonyl (C=O) groups is 2. The second kappa shape index (κ2) is 7.82. The maximum atomic E-state index is 13.4. The Hall–Kier alpha value is -2.15. The average molecular weight is 349 g/mol. The summed E-state index contributed by atoms with van der Waals surface area (Å²) in [6.07, 6.45) is 3.69. The Labute approximate surface area is 146 Å². The maximum Gasteiger partial charge on any atom is 0.317 e. The van der Waals surface area contributed by atoms with Crippen LogP contribution in [-0.2, 0) is 4.79 Å². The largest absolute Gasteiger partial charge is 0.396 e. The number of rotatable bonds is 4. The molecule has 1 aromatic carbocycles. The molecule has 2 atom stereocenters. The molecule has 6 nitrogen and oxygen atoms in total. The summed E-state index contributed by atoms with van der Waals surface area (Å²) in [6.45, 7) is 1.07. The summed E-state index contributed by atoms with van der Waals surface area (Å²) < 4.78 is 13.4. The van der Waals surface area contributed by atoms with E-state index in [2.05, 4.69) is 5.32 Å². The fraction of sp³-hybridized carbons (Fsp3) is 0.556. The molecule has 0 spiro atoms. The molecule has 0 aliphatic carbocycles. The normalized spacial score (nSPS) is 23.8. The van der Waals surface area contributed by atoms with Crippen molar-refractivity contribution >= 4 is 17.6 Å². The number of carbonyl (C=O) groups excluding carboxylic acids is 2. The van der Waals surface area contributed by atoms with Crippen molar-refractivity contribution in [3.63, 3.8) is 0 Å². The zero-order valence-corrected chi connectivity index (χ0v) is 14.2. The first-order chi connectivity index (χ1) is 12.1. The summed E-state index contributed by atoms with van der Waals surface area (Å²) in [5, 5.41) is 12.1. The predicted molar refractivity (Wildman–Crippen MR) is 91.7 cm³/mol. The third kappa shape index (κ3) is 4.10. The fourth-order valence-electron chi connectivity index (χ4n) is 3.67. The van der Waals surface area contributed by atoms with Gasteiger partial charge in [-0.15, -0.1) is 0 Å². The minimum absolute atomic E-state index is 0.0511. The first-order valence-corrected chi connectivity index (χ1v) is 8.82. The molecule has 2 fully saturated rings. The second-order valence-corrected chi connectivity index (χ2v) is 6.69. The first-order valence-electron chi connectivity index (χ1n) is 8.82. The second-order valence-electron chi connectivity index (χ2n) is 6.69. The van der Waals surface area contributed by atoms with E-state index in [1.807, 2.05) is 0 Å². The Morgan fingerprint density at radius 2 is 2.20 bits per heavy atom. The van der Waals surface area contributed by atoms with Crippen molar-refractivity contribution < 1.29 is 19.1 Å². The number of piperidine rings is 1. The van der Waals surface area contributed by atoms with Crippen LogP contribution in [0.1, 0.15) is 32.1 Å². The molecule has 0 saturated carbocycles. The molecule has 2 unspecified atom stereocenters. The van der Waals surface area contributed by atoms with E-state index in [4.69, 9.17) is 0 Å². The van der Waals surface area contributed by atoms with E-state index < -0.39 is 5.82 Å². The van der Waals surface area contributed by atoms with Gasteiger partial charge in [0.15, 0.2) is 0 Å². The smallest absolute Gasteiger partial charge is 0.317 e. The molecule has 0 aromatic heterocycles. The van der Waals surface area contributed by atoms with Gasteiger partial charge in [-0.05, 0) is 43.9 Å². The molecule has 3 amide bonds. The minimum Gasteiger partial charge on any atom is -0.396 e. The van der Waals surface area contributed by atoms with Crippen molar-refractivity contribution in [1.29, 1.82) is 0 Å². The quantitative estimate of drug-likeness (QED) is 0.872. The highest BCUT2D eigenvalue weighted by atomic mass is 19.1. The van der Waals surface area contributed by atoms with Crippen molar-refractivity contribution in [2.24, 2.45) is 0 Å². The van der Waals surface area contributed by atoms with Gasteiger partial charge >= 0.3 is 6.03 Å². The summed E-state index contributed by atoms with van der Waals surface area (Å²) in [4.78, 5) is 28.1. The first kappa shape index (κ1) is 17.7. The minimum atomic E-state index is -0.391. The van der Waals surface area contributed by atoms with Crippen LogP contribution in [0, 0.1) is 5.82 Å². The fourth-order valence-corrected chi connectivity index (χ4v) is 3.67. The van der Waals surface area contributed by atoms with Gasteiger partial charge in [0.05, 0.1) is 6.04 Å². The third-order valence-corrected chi connectivity index (χ3v) is 4.92. The number of halogens is 1. The van der Waals surface area contributed by atoms with Gasteiger partial charge in [-0.2, -0.15) is 0 Å². The van der Waals surface area contributed by atoms with Crippen LogP contribution in [0.2, 0.25) is 0 Å². The van der Waals surface area contributed by atoms with E-state index in [9.17, 15) is 19.1 Å². The molecule has 0 radical (unpaired) electrons. The SMILES string of the molecule is O=C1CC(NC(=O)N2CCCCC2CCO)CN1c1cccc(F)c1. The average Bonchev–Trinajstić information content (AvgIpc) is 2.96. The number of anilines is 1. The van der Waals surface area contributed by atoms with E-state index in [1.165, 1.54) is 17.0 Å². The molecule has 2 N–H and O–H groups in total. The lowest BCUT2D eigenvalue weighted by atomic mass is 10.00. The van der Waals surface area contributed by atoms with Crippen molar-refractivity contribution in [2.75, 3.05) is 24.6 Å². The molecule has 3 rings (SSSR count). The number of hydrogen-bond donors (Lipinski definition) is 2. The van der Waals surface area contributed by atoms with Gasteiger partial charge < -0.3 is 20.2 Å². The van der Waals surface area contributed by atoms with Crippen LogP contribution < -0.4 is 10.2 Å². The van der Waals surface area contributed by atoms with Gasteiger partial charge in [0.1, 0.15) is 5.82 Å². The summed E-state index contributed by atoms with van der Waals surface area (Å²) in [7, 11) is 0. The number of aliphatic hydroxyl groups excluding tert-OH is 1. The van der Waals surface area contributed by atoms with E-state index >= 15 is 0 Å². The standard InChI is InChI=1S/C18H24FN3O3/c19-13-4-3-6-16(10-13)22-12-14(11-17(22)24)20-18(25)21-8-2-1-5-15(21)7-9-23/h3-4,6,10,14-15,23H,1-2,5,7-9,11-12H2,(H,20,25). The van der Waals surface area contributed by atoms with Gasteiger partial charge in [0.25, 0.3) is 0 Å². The predicted octanol–water partition coefficient (Wildman–Crippen LogP) is 1.88. The van der Waals surface area contributed by atoms with Crippen LogP contribution in [0.25, 0.3) is 0 Å². The van der Waals surface area contributed by atoms with Gasteiger partial charge in [-0.1, -0.05) is 6.07 Å². The number of benzene rings is 1. The Kier molecular flexibility index (Phi) is 5.53. The van der Waals surface area contributed by atoms with Gasteiger partial charge in [-0.25, -0.2) is 9.18 Å². The highest BCUT2D eigenvalue weighted by Crippen LogP contribution is 2.23. The molecule has 2 saturated heterocycles. The zero-order chi connectivity index (χ0) is 17.8. The summed E-state index contributed by atoms with van der Waals surface area (Å²) in [5.74, 6) is -0.514. The van der Waals surface area contributed by atoms with Crippen LogP contribution in [0.15, 0.2) is 24.3 Å². The van der Waals surface area contributed by atoms with E-state index in [-0.39, 0.29) is 37.0 Å². The van der Waals surface area contributed by atoms with Crippen LogP contribution in [0.4, 0.5) is 14.9 Å². The molecular weight excluding hydrogens is 325 g/mol. The highest BCUT2D eigenvalue weighted by molar-refractivity contribution is 5.96. The molecule has 1 aromatic rings. The van der Waals surface area contributed by atoms with Crippen LogP contribution >= 0.6 is 0 Å². The van der Waals surface area contributed by atoms with E-state index in [0.717, 1.165) is 19.3 Å². The van der Waals surface area contributed by atoms with Crippen molar-refractivity contribution in [3.8, 4) is 0 Å². The number of nitrogens with one attached hydrogen (secondary N) is 1. The number of nitrogens with zero attached hydrogens (tertiary/aromatic N) is 2. The zero-order valence-electron chi connectivity index (χ0n) is 14.2.